The Morgan fingerprint density at radius 3 is 2.84 bits per heavy atom. The molecule has 0 atom stereocenters. The van der Waals surface area contributed by atoms with Crippen LogP contribution in [0, 0.1) is 11.7 Å². The molecule has 0 spiro atoms. The fraction of sp³-hybridized carbons (Fsp3) is 0.556. The molecule has 0 bridgehead atoms. The Bertz CT molecular complexity index is 816. The maximum Gasteiger partial charge on any atom is 0.258 e. The molecule has 1 aromatic heterocycles. The fourth-order valence-corrected chi connectivity index (χ4v) is 4.08. The van der Waals surface area contributed by atoms with Crippen molar-refractivity contribution in [3.8, 4) is 0 Å². The maximum absolute atomic E-state index is 14.2. The summed E-state index contributed by atoms with van der Waals surface area (Å²) in [4.78, 5) is 19.6. The number of nitrogens with one attached hydrogen (secondary N) is 2. The van der Waals surface area contributed by atoms with Gasteiger partial charge in [-0.1, -0.05) is 0 Å². The molecule has 7 heteroatoms. The Labute approximate surface area is 149 Å². The van der Waals surface area contributed by atoms with Crippen LogP contribution in [0.25, 0.3) is 10.9 Å². The zero-order valence-electron chi connectivity index (χ0n) is 14.0. The summed E-state index contributed by atoms with van der Waals surface area (Å²) in [6.45, 7) is 2.38. The molecule has 4 rings (SSSR count). The monoisotopic (exact) mass is 363 g/mol. The van der Waals surface area contributed by atoms with E-state index in [-0.39, 0.29) is 5.56 Å². The highest BCUT2D eigenvalue weighted by molar-refractivity contribution is 7.99. The van der Waals surface area contributed by atoms with E-state index in [1.54, 1.807) is 17.8 Å². The molecule has 1 aliphatic carbocycles. The molecule has 2 N–H and O–H groups in total. The summed E-state index contributed by atoms with van der Waals surface area (Å²) in [5, 5.41) is 3.98. The van der Waals surface area contributed by atoms with Crippen molar-refractivity contribution in [2.75, 3.05) is 25.1 Å². The van der Waals surface area contributed by atoms with Crippen LogP contribution in [0.3, 0.4) is 0 Å². The van der Waals surface area contributed by atoms with Crippen LogP contribution in [-0.2, 0) is 10.5 Å². The highest BCUT2D eigenvalue weighted by Crippen LogP contribution is 2.30. The van der Waals surface area contributed by atoms with E-state index in [1.807, 2.05) is 0 Å². The number of aromatic nitrogens is 2. The Hall–Kier alpha value is -1.60. The van der Waals surface area contributed by atoms with E-state index in [0.29, 0.717) is 39.3 Å². The van der Waals surface area contributed by atoms with Gasteiger partial charge in [-0.05, 0) is 43.7 Å². The molecule has 134 valence electrons. The molecule has 2 heterocycles. The van der Waals surface area contributed by atoms with Crippen LogP contribution < -0.4 is 10.9 Å². The van der Waals surface area contributed by atoms with E-state index >= 15 is 0 Å². The third-order valence-corrected chi connectivity index (χ3v) is 6.13. The van der Waals surface area contributed by atoms with Crippen molar-refractivity contribution in [2.45, 2.75) is 36.7 Å². The number of H-pyrrole nitrogens is 1. The van der Waals surface area contributed by atoms with Crippen molar-refractivity contribution in [3.63, 3.8) is 0 Å². The van der Waals surface area contributed by atoms with Gasteiger partial charge in [0.2, 0.25) is 0 Å². The minimum atomic E-state index is -0.398. The molecular formula is C18H22FN3O2S. The van der Waals surface area contributed by atoms with Crippen molar-refractivity contribution in [1.82, 2.24) is 9.97 Å². The first-order valence-corrected chi connectivity index (χ1v) is 9.89. The summed E-state index contributed by atoms with van der Waals surface area (Å²) in [6.07, 6.45) is 4.47. The SMILES string of the molecule is O=c1[nH]c(CSC2CCOCC2)nc2cc(NCC3CC3)c(F)cc12. The highest BCUT2D eigenvalue weighted by atomic mass is 32.2. The lowest BCUT2D eigenvalue weighted by molar-refractivity contribution is 0.1000. The van der Waals surface area contributed by atoms with Crippen LogP contribution in [0.15, 0.2) is 16.9 Å². The second-order valence-electron chi connectivity index (χ2n) is 6.81. The van der Waals surface area contributed by atoms with E-state index < -0.39 is 5.82 Å². The van der Waals surface area contributed by atoms with Crippen LogP contribution >= 0.6 is 11.8 Å². The number of halogens is 1. The molecule has 1 saturated heterocycles. The molecule has 0 unspecified atom stereocenters. The normalized spacial score (nSPS) is 18.6. The van der Waals surface area contributed by atoms with Crippen LogP contribution in [0.2, 0.25) is 0 Å². The average Bonchev–Trinajstić information content (AvgIpc) is 3.44. The zero-order chi connectivity index (χ0) is 17.2. The summed E-state index contributed by atoms with van der Waals surface area (Å²) in [5.41, 5.74) is 0.701. The van der Waals surface area contributed by atoms with Crippen LogP contribution in [0.4, 0.5) is 10.1 Å². The van der Waals surface area contributed by atoms with E-state index in [9.17, 15) is 9.18 Å². The number of hydrogen-bond acceptors (Lipinski definition) is 5. The molecule has 0 radical (unpaired) electrons. The summed E-state index contributed by atoms with van der Waals surface area (Å²) < 4.78 is 19.6. The first kappa shape index (κ1) is 16.8. The van der Waals surface area contributed by atoms with E-state index in [1.165, 1.54) is 18.9 Å². The van der Waals surface area contributed by atoms with Gasteiger partial charge in [0.25, 0.3) is 5.56 Å². The van der Waals surface area contributed by atoms with Crippen molar-refractivity contribution in [2.24, 2.45) is 5.92 Å². The molecule has 1 aromatic carbocycles. The number of nitrogens with zero attached hydrogens (tertiary/aromatic N) is 1. The van der Waals surface area contributed by atoms with Gasteiger partial charge in [0.15, 0.2) is 0 Å². The molecule has 2 aliphatic rings. The number of anilines is 1. The molecule has 5 nitrogen and oxygen atoms in total. The molecular weight excluding hydrogens is 341 g/mol. The van der Waals surface area contributed by atoms with Crippen LogP contribution in [0.5, 0.6) is 0 Å². The lowest BCUT2D eigenvalue weighted by atomic mass is 10.2. The van der Waals surface area contributed by atoms with Crippen molar-refractivity contribution < 1.29 is 9.13 Å². The molecule has 2 aromatic rings. The first-order valence-electron chi connectivity index (χ1n) is 8.85. The minimum absolute atomic E-state index is 0.278. The van der Waals surface area contributed by atoms with Crippen molar-refractivity contribution in [1.29, 1.82) is 0 Å². The molecule has 0 amide bonds. The third kappa shape index (κ3) is 4.15. The number of thioether (sulfide) groups is 1. The molecule has 1 aliphatic heterocycles. The van der Waals surface area contributed by atoms with Crippen molar-refractivity contribution in [3.05, 3.63) is 34.1 Å². The Balaban J connectivity index is 1.53. The van der Waals surface area contributed by atoms with Crippen LogP contribution in [-0.4, -0.2) is 35.0 Å². The lowest BCUT2D eigenvalue weighted by Crippen LogP contribution is -2.18. The summed E-state index contributed by atoms with van der Waals surface area (Å²) in [5.74, 6) is 1.55. The predicted molar refractivity (Wildman–Crippen MR) is 98.7 cm³/mol. The zero-order valence-corrected chi connectivity index (χ0v) is 14.8. The summed E-state index contributed by atoms with van der Waals surface area (Å²) >= 11 is 1.80. The minimum Gasteiger partial charge on any atom is -0.382 e. The first-order chi connectivity index (χ1) is 12.2. The van der Waals surface area contributed by atoms with Gasteiger partial charge in [0.1, 0.15) is 11.6 Å². The van der Waals surface area contributed by atoms with E-state index in [2.05, 4.69) is 15.3 Å². The number of hydrogen-bond donors (Lipinski definition) is 2. The standard InChI is InChI=1S/C18H22FN3O2S/c19-14-7-13-15(8-16(14)20-9-11-1-2-11)21-17(22-18(13)23)10-25-12-3-5-24-6-4-12/h7-8,11-12,20H,1-6,9-10H2,(H,21,22,23). The smallest absolute Gasteiger partial charge is 0.258 e. The Morgan fingerprint density at radius 2 is 2.08 bits per heavy atom. The van der Waals surface area contributed by atoms with Crippen molar-refractivity contribution >= 4 is 28.4 Å². The Kier molecular flexibility index (Phi) is 4.94. The Morgan fingerprint density at radius 1 is 1.28 bits per heavy atom. The molecule has 1 saturated carbocycles. The van der Waals surface area contributed by atoms with Gasteiger partial charge in [0, 0.05) is 25.0 Å². The van der Waals surface area contributed by atoms with Gasteiger partial charge < -0.3 is 15.0 Å². The van der Waals surface area contributed by atoms with Crippen LogP contribution in [0.1, 0.15) is 31.5 Å². The molecule has 25 heavy (non-hydrogen) atoms. The largest absolute Gasteiger partial charge is 0.382 e. The topological polar surface area (TPSA) is 67.0 Å². The van der Waals surface area contributed by atoms with E-state index in [4.69, 9.17) is 4.74 Å². The molecule has 2 fully saturated rings. The number of rotatable bonds is 6. The summed E-state index contributed by atoms with van der Waals surface area (Å²) in [7, 11) is 0. The van der Waals surface area contributed by atoms with Gasteiger partial charge in [-0.3, -0.25) is 4.79 Å². The second-order valence-corrected chi connectivity index (χ2v) is 8.10. The highest BCUT2D eigenvalue weighted by Gasteiger charge is 2.21. The van der Waals surface area contributed by atoms with Gasteiger partial charge >= 0.3 is 0 Å². The number of benzene rings is 1. The quantitative estimate of drug-likeness (QED) is 0.824. The number of ether oxygens (including phenoxy) is 1. The number of fused-ring (bicyclic) bond motifs is 1. The third-order valence-electron chi connectivity index (χ3n) is 4.75. The predicted octanol–water partition coefficient (Wildman–Crippen LogP) is 3.30. The average molecular weight is 363 g/mol. The lowest BCUT2D eigenvalue weighted by Gasteiger charge is -2.21. The van der Waals surface area contributed by atoms with Gasteiger partial charge in [0.05, 0.1) is 22.3 Å². The maximum atomic E-state index is 14.2. The number of aromatic amines is 1. The van der Waals surface area contributed by atoms with Gasteiger partial charge in [-0.15, -0.1) is 0 Å². The second kappa shape index (κ2) is 7.33. The fourth-order valence-electron chi connectivity index (χ4n) is 3.03. The summed E-state index contributed by atoms with van der Waals surface area (Å²) in [6, 6.07) is 2.94. The van der Waals surface area contributed by atoms with Gasteiger partial charge in [-0.2, -0.15) is 11.8 Å². The van der Waals surface area contributed by atoms with Gasteiger partial charge in [-0.25, -0.2) is 9.37 Å². The van der Waals surface area contributed by atoms with E-state index in [0.717, 1.165) is 32.6 Å².